The summed E-state index contributed by atoms with van der Waals surface area (Å²) in [6.07, 6.45) is 2.18. The molecule has 0 aliphatic carbocycles. The van der Waals surface area contributed by atoms with Crippen molar-refractivity contribution in [3.63, 3.8) is 0 Å². The van der Waals surface area contributed by atoms with Crippen LogP contribution in [0.1, 0.15) is 22.7 Å². The van der Waals surface area contributed by atoms with Gasteiger partial charge in [0.1, 0.15) is 0 Å². The van der Waals surface area contributed by atoms with Crippen molar-refractivity contribution in [1.82, 2.24) is 4.98 Å². The molecule has 4 N–H and O–H groups in total. The lowest BCUT2D eigenvalue weighted by Crippen LogP contribution is -2.19. The molecule has 0 unspecified atom stereocenters. The zero-order chi connectivity index (χ0) is 14.8. The average molecular weight is 302 g/mol. The Morgan fingerprint density at radius 2 is 2.29 bits per heavy atom. The highest BCUT2D eigenvalue weighted by Crippen LogP contribution is 2.30. The van der Waals surface area contributed by atoms with Crippen molar-refractivity contribution < 1.29 is 4.79 Å². The molecule has 1 aromatic heterocycles. The number of rotatable bonds is 4. The summed E-state index contributed by atoms with van der Waals surface area (Å²) in [5, 5.41) is 9.41. The van der Waals surface area contributed by atoms with Crippen molar-refractivity contribution >= 4 is 34.3 Å². The number of fused-ring (bicyclic) bond motifs is 1. The van der Waals surface area contributed by atoms with Crippen LogP contribution in [-0.2, 0) is 17.6 Å². The van der Waals surface area contributed by atoms with Crippen molar-refractivity contribution in [2.45, 2.75) is 26.2 Å². The smallest absolute Gasteiger partial charge is 0.224 e. The van der Waals surface area contributed by atoms with Crippen LogP contribution >= 0.6 is 11.3 Å². The molecule has 0 bridgehead atoms. The zero-order valence-electron chi connectivity index (χ0n) is 11.9. The van der Waals surface area contributed by atoms with Crippen molar-refractivity contribution in [3.8, 4) is 0 Å². The number of nitrogens with one attached hydrogen (secondary N) is 2. The summed E-state index contributed by atoms with van der Waals surface area (Å²) in [7, 11) is 0. The fraction of sp³-hybridized carbons (Fsp3) is 0.333. The summed E-state index contributed by atoms with van der Waals surface area (Å²) >= 11 is 1.68. The molecule has 1 aliphatic heterocycles. The second-order valence-corrected chi connectivity index (χ2v) is 6.15. The molecule has 0 saturated heterocycles. The van der Waals surface area contributed by atoms with Gasteiger partial charge >= 0.3 is 0 Å². The van der Waals surface area contributed by atoms with E-state index in [1.165, 1.54) is 0 Å². The largest absolute Gasteiger partial charge is 0.397 e. The number of hydrogen-bond acceptors (Lipinski definition) is 5. The highest BCUT2D eigenvalue weighted by molar-refractivity contribution is 7.09. The SMILES string of the molecule is Cc1csc(CCNc2cc3c(cc2N)NC(=O)CC3)n1. The topological polar surface area (TPSA) is 80.0 Å². The predicted octanol–water partition coefficient (Wildman–Crippen LogP) is 2.57. The quantitative estimate of drug-likeness (QED) is 0.758. The lowest BCUT2D eigenvalue weighted by molar-refractivity contribution is -0.116. The first-order chi connectivity index (χ1) is 10.1. The maximum Gasteiger partial charge on any atom is 0.224 e. The summed E-state index contributed by atoms with van der Waals surface area (Å²) in [6.45, 7) is 2.80. The first kappa shape index (κ1) is 13.9. The predicted molar refractivity (Wildman–Crippen MR) is 86.8 cm³/mol. The molecule has 3 rings (SSSR count). The summed E-state index contributed by atoms with van der Waals surface area (Å²) in [5.74, 6) is 0.0572. The minimum atomic E-state index is 0.0572. The minimum Gasteiger partial charge on any atom is -0.397 e. The third-order valence-corrected chi connectivity index (χ3v) is 4.52. The van der Waals surface area contributed by atoms with Crippen molar-refractivity contribution in [1.29, 1.82) is 0 Å². The van der Waals surface area contributed by atoms with E-state index in [1.807, 2.05) is 19.1 Å². The number of hydrogen-bond donors (Lipinski definition) is 3. The molecule has 2 aromatic rings. The molecule has 5 nitrogen and oxygen atoms in total. The standard InChI is InChI=1S/C15H18N4OS/c1-9-8-21-15(18-9)4-5-17-13-6-10-2-3-14(20)19-12(10)7-11(13)16/h6-8,17H,2-5,16H2,1H3,(H,19,20). The maximum atomic E-state index is 11.4. The van der Waals surface area contributed by atoms with Crippen LogP contribution in [0.15, 0.2) is 17.5 Å². The van der Waals surface area contributed by atoms with Gasteiger partial charge in [0.15, 0.2) is 0 Å². The van der Waals surface area contributed by atoms with Crippen LogP contribution in [0.4, 0.5) is 17.1 Å². The maximum absolute atomic E-state index is 11.4. The number of nitrogen functional groups attached to an aromatic ring is 1. The molecule has 110 valence electrons. The van der Waals surface area contributed by atoms with Gasteiger partial charge in [0.05, 0.1) is 16.4 Å². The monoisotopic (exact) mass is 302 g/mol. The molecule has 1 aromatic carbocycles. The summed E-state index contributed by atoms with van der Waals surface area (Å²) < 4.78 is 0. The van der Waals surface area contributed by atoms with Crippen molar-refractivity contribution in [3.05, 3.63) is 33.8 Å². The molecular formula is C15H18N4OS. The van der Waals surface area contributed by atoms with Gasteiger partial charge in [0.25, 0.3) is 0 Å². The fourth-order valence-corrected chi connectivity index (χ4v) is 3.20. The van der Waals surface area contributed by atoms with Crippen molar-refractivity contribution in [2.75, 3.05) is 22.9 Å². The third-order valence-electron chi connectivity index (χ3n) is 3.49. The first-order valence-electron chi connectivity index (χ1n) is 6.99. The molecule has 0 saturated carbocycles. The van der Waals surface area contributed by atoms with Gasteiger partial charge in [-0.3, -0.25) is 4.79 Å². The molecule has 0 atom stereocenters. The molecule has 0 fully saturated rings. The number of anilines is 3. The molecule has 2 heterocycles. The Morgan fingerprint density at radius 1 is 1.43 bits per heavy atom. The Morgan fingerprint density at radius 3 is 3.05 bits per heavy atom. The van der Waals surface area contributed by atoms with Gasteiger partial charge in [-0.05, 0) is 31.0 Å². The van der Waals surface area contributed by atoms with Gasteiger partial charge in [-0.2, -0.15) is 0 Å². The number of aryl methyl sites for hydroxylation is 2. The zero-order valence-corrected chi connectivity index (χ0v) is 12.7. The molecule has 6 heteroatoms. The van der Waals surface area contributed by atoms with E-state index in [2.05, 4.69) is 21.0 Å². The molecule has 21 heavy (non-hydrogen) atoms. The number of aromatic nitrogens is 1. The number of nitrogens with zero attached hydrogens (tertiary/aromatic N) is 1. The van der Waals surface area contributed by atoms with Crippen LogP contribution in [0.5, 0.6) is 0 Å². The Kier molecular flexibility index (Phi) is 3.79. The van der Waals surface area contributed by atoms with E-state index >= 15 is 0 Å². The normalized spacial score (nSPS) is 13.7. The van der Waals surface area contributed by atoms with Gasteiger partial charge in [-0.1, -0.05) is 0 Å². The van der Waals surface area contributed by atoms with Crippen LogP contribution in [-0.4, -0.2) is 17.4 Å². The van der Waals surface area contributed by atoms with E-state index < -0.39 is 0 Å². The van der Waals surface area contributed by atoms with Crippen LogP contribution in [0, 0.1) is 6.92 Å². The van der Waals surface area contributed by atoms with E-state index in [1.54, 1.807) is 11.3 Å². The van der Waals surface area contributed by atoms with E-state index in [-0.39, 0.29) is 5.91 Å². The van der Waals surface area contributed by atoms with E-state index in [4.69, 9.17) is 5.73 Å². The average Bonchev–Trinajstić information content (AvgIpc) is 2.85. The van der Waals surface area contributed by atoms with Crippen molar-refractivity contribution in [2.24, 2.45) is 0 Å². The van der Waals surface area contributed by atoms with Gasteiger partial charge in [-0.25, -0.2) is 4.98 Å². The number of carbonyl (C=O) groups excluding carboxylic acids is 1. The van der Waals surface area contributed by atoms with Gasteiger partial charge in [-0.15, -0.1) is 11.3 Å². The lowest BCUT2D eigenvalue weighted by atomic mass is 10.0. The highest BCUT2D eigenvalue weighted by Gasteiger charge is 2.16. The molecule has 0 spiro atoms. The lowest BCUT2D eigenvalue weighted by Gasteiger charge is -2.19. The number of benzene rings is 1. The van der Waals surface area contributed by atoms with Gasteiger partial charge in [0, 0.05) is 36.1 Å². The highest BCUT2D eigenvalue weighted by atomic mass is 32.1. The fourth-order valence-electron chi connectivity index (χ4n) is 2.42. The van der Waals surface area contributed by atoms with Crippen LogP contribution in [0.25, 0.3) is 0 Å². The van der Waals surface area contributed by atoms with Gasteiger partial charge in [0.2, 0.25) is 5.91 Å². The van der Waals surface area contributed by atoms with Crippen LogP contribution in [0.2, 0.25) is 0 Å². The number of nitrogens with two attached hydrogens (primary N) is 1. The Balaban J connectivity index is 1.67. The second kappa shape index (κ2) is 5.73. The van der Waals surface area contributed by atoms with Crippen LogP contribution in [0.3, 0.4) is 0 Å². The number of carbonyl (C=O) groups is 1. The molecule has 0 radical (unpaired) electrons. The Labute approximate surface area is 127 Å². The minimum absolute atomic E-state index is 0.0572. The number of thiazole rings is 1. The number of amides is 1. The van der Waals surface area contributed by atoms with E-state index in [9.17, 15) is 4.79 Å². The molecule has 1 amide bonds. The second-order valence-electron chi connectivity index (χ2n) is 5.20. The Bertz CT molecular complexity index is 680. The van der Waals surface area contributed by atoms with Crippen LogP contribution < -0.4 is 16.4 Å². The third kappa shape index (κ3) is 3.16. The van der Waals surface area contributed by atoms with Gasteiger partial charge < -0.3 is 16.4 Å². The summed E-state index contributed by atoms with van der Waals surface area (Å²) in [5.41, 5.74) is 10.7. The molecule has 1 aliphatic rings. The van der Waals surface area contributed by atoms with E-state index in [0.717, 1.165) is 47.0 Å². The summed E-state index contributed by atoms with van der Waals surface area (Å²) in [6, 6.07) is 3.87. The van der Waals surface area contributed by atoms with E-state index in [0.29, 0.717) is 12.1 Å². The summed E-state index contributed by atoms with van der Waals surface area (Å²) in [4.78, 5) is 15.8. The Hall–Kier alpha value is -2.08. The molecular weight excluding hydrogens is 284 g/mol. The first-order valence-corrected chi connectivity index (χ1v) is 7.87.